The highest BCUT2D eigenvalue weighted by molar-refractivity contribution is 6.04. The predicted octanol–water partition coefficient (Wildman–Crippen LogP) is 4.20. The van der Waals surface area contributed by atoms with Crippen LogP contribution in [0.1, 0.15) is 37.6 Å². The number of benzene rings is 2. The monoisotopic (exact) mass is 388 g/mol. The number of amides is 2. The molecule has 29 heavy (non-hydrogen) atoms. The zero-order chi connectivity index (χ0) is 20.4. The number of hydrogen-bond acceptors (Lipinski definition) is 3. The Morgan fingerprint density at radius 1 is 1.07 bits per heavy atom. The summed E-state index contributed by atoms with van der Waals surface area (Å²) in [6.45, 7) is 4.08. The number of anilines is 2. The molecule has 0 fully saturated rings. The van der Waals surface area contributed by atoms with Gasteiger partial charge in [-0.25, -0.2) is 4.68 Å². The zero-order valence-corrected chi connectivity index (χ0v) is 16.6. The van der Waals surface area contributed by atoms with Crippen molar-refractivity contribution in [3.63, 3.8) is 0 Å². The number of nitrogens with one attached hydrogen (secondary N) is 2. The fourth-order valence-corrected chi connectivity index (χ4v) is 3.80. The maximum absolute atomic E-state index is 12.7. The number of nitrogens with zero attached hydrogens (tertiary/aromatic N) is 2. The van der Waals surface area contributed by atoms with Crippen LogP contribution in [-0.4, -0.2) is 21.6 Å². The average molecular weight is 388 g/mol. The Morgan fingerprint density at radius 3 is 2.52 bits per heavy atom. The summed E-state index contributed by atoms with van der Waals surface area (Å²) in [5, 5.41) is 10.6. The summed E-state index contributed by atoms with van der Waals surface area (Å²) in [5.74, 6) is 0.268. The molecule has 0 spiro atoms. The van der Waals surface area contributed by atoms with Gasteiger partial charge in [0.25, 0.3) is 5.91 Å². The fourth-order valence-electron chi connectivity index (χ4n) is 3.80. The first-order valence-electron chi connectivity index (χ1n) is 9.97. The predicted molar refractivity (Wildman–Crippen MR) is 114 cm³/mol. The normalized spacial score (nSPS) is 15.1. The fraction of sp³-hybridized carbons (Fsp3) is 0.261. The molecule has 0 saturated heterocycles. The smallest absolute Gasteiger partial charge is 0.251 e. The first-order chi connectivity index (χ1) is 14.1. The number of carbonyl (C=O) groups excluding carboxylic acids is 2. The van der Waals surface area contributed by atoms with Gasteiger partial charge in [0.15, 0.2) is 0 Å². The van der Waals surface area contributed by atoms with E-state index in [2.05, 4.69) is 15.7 Å². The highest BCUT2D eigenvalue weighted by Crippen LogP contribution is 2.38. The molecule has 0 bridgehead atoms. The molecule has 6 nitrogen and oxygen atoms in total. The van der Waals surface area contributed by atoms with Crippen LogP contribution in [0.3, 0.4) is 0 Å². The van der Waals surface area contributed by atoms with Crippen molar-refractivity contribution in [2.45, 2.75) is 39.2 Å². The van der Waals surface area contributed by atoms with Gasteiger partial charge in [-0.05, 0) is 30.0 Å². The van der Waals surface area contributed by atoms with Gasteiger partial charge in [-0.3, -0.25) is 9.59 Å². The van der Waals surface area contributed by atoms with Crippen molar-refractivity contribution >= 4 is 23.3 Å². The molecule has 0 aliphatic carbocycles. The van der Waals surface area contributed by atoms with Gasteiger partial charge >= 0.3 is 0 Å². The molecule has 1 aliphatic heterocycles. The van der Waals surface area contributed by atoms with Crippen LogP contribution < -0.4 is 10.6 Å². The molecule has 6 heteroatoms. The van der Waals surface area contributed by atoms with Crippen molar-refractivity contribution in [2.24, 2.45) is 0 Å². The highest BCUT2D eigenvalue weighted by Gasteiger charge is 2.36. The second-order valence-electron chi connectivity index (χ2n) is 7.10. The van der Waals surface area contributed by atoms with Crippen molar-refractivity contribution in [3.05, 3.63) is 65.9 Å². The standard InChI is InChI=1S/C23H24N4O2/c1-3-15-10-8-9-13-18(15)24-20(28)14-19-23(29)25-22-21(16-11-6-5-7-12-16)17(4-2)26-27(19)22/h5-13,19H,3-4,14H2,1-2H3,(H,24,28)(H,25,29). The third-order valence-electron chi connectivity index (χ3n) is 5.27. The SMILES string of the molecule is CCc1ccccc1NC(=O)CC1C(=O)Nc2c(-c3ccccc3)c(CC)nn21. The molecular weight excluding hydrogens is 364 g/mol. The average Bonchev–Trinajstić information content (AvgIpc) is 3.24. The summed E-state index contributed by atoms with van der Waals surface area (Å²) in [5.41, 5.74) is 4.70. The van der Waals surface area contributed by atoms with E-state index in [0.29, 0.717) is 5.82 Å². The lowest BCUT2D eigenvalue weighted by molar-refractivity contribution is -0.123. The highest BCUT2D eigenvalue weighted by atomic mass is 16.2. The summed E-state index contributed by atoms with van der Waals surface area (Å²) in [4.78, 5) is 25.3. The van der Waals surface area contributed by atoms with Crippen LogP contribution in [0, 0.1) is 0 Å². The van der Waals surface area contributed by atoms with Gasteiger partial charge < -0.3 is 10.6 Å². The van der Waals surface area contributed by atoms with Gasteiger partial charge in [0.1, 0.15) is 11.9 Å². The Morgan fingerprint density at radius 2 is 1.79 bits per heavy atom. The minimum atomic E-state index is -0.651. The molecule has 1 atom stereocenters. The Labute approximate surface area is 169 Å². The lowest BCUT2D eigenvalue weighted by Crippen LogP contribution is -2.24. The second kappa shape index (κ2) is 7.91. The van der Waals surface area contributed by atoms with Crippen molar-refractivity contribution in [1.29, 1.82) is 0 Å². The van der Waals surface area contributed by atoms with Crippen LogP contribution in [0.25, 0.3) is 11.1 Å². The lowest BCUT2D eigenvalue weighted by atomic mass is 10.0. The number of hydrogen-bond donors (Lipinski definition) is 2. The van der Waals surface area contributed by atoms with Gasteiger partial charge in [0.05, 0.1) is 12.1 Å². The molecule has 2 N–H and O–H groups in total. The van der Waals surface area contributed by atoms with E-state index in [-0.39, 0.29) is 18.2 Å². The van der Waals surface area contributed by atoms with Crippen LogP contribution in [-0.2, 0) is 22.4 Å². The van der Waals surface area contributed by atoms with Gasteiger partial charge in [-0.1, -0.05) is 62.4 Å². The molecule has 2 aromatic carbocycles. The Bertz CT molecular complexity index is 1060. The van der Waals surface area contributed by atoms with Crippen LogP contribution >= 0.6 is 0 Å². The number of aromatic nitrogens is 2. The zero-order valence-electron chi connectivity index (χ0n) is 16.6. The van der Waals surface area contributed by atoms with E-state index >= 15 is 0 Å². The molecule has 3 aromatic rings. The van der Waals surface area contributed by atoms with Crippen molar-refractivity contribution in [1.82, 2.24) is 9.78 Å². The molecule has 1 unspecified atom stereocenters. The molecule has 0 radical (unpaired) electrons. The van der Waals surface area contributed by atoms with E-state index in [1.807, 2.05) is 68.4 Å². The molecule has 2 amide bonds. The number of aryl methyl sites for hydroxylation is 2. The molecule has 0 saturated carbocycles. The van der Waals surface area contributed by atoms with Crippen molar-refractivity contribution in [3.8, 4) is 11.1 Å². The third-order valence-corrected chi connectivity index (χ3v) is 5.27. The van der Waals surface area contributed by atoms with E-state index in [0.717, 1.165) is 40.9 Å². The summed E-state index contributed by atoms with van der Waals surface area (Å²) in [7, 11) is 0. The third kappa shape index (κ3) is 3.53. The minimum Gasteiger partial charge on any atom is -0.326 e. The van der Waals surface area contributed by atoms with Crippen LogP contribution in [0.4, 0.5) is 11.5 Å². The van der Waals surface area contributed by atoms with E-state index in [1.54, 1.807) is 4.68 Å². The quantitative estimate of drug-likeness (QED) is 0.665. The van der Waals surface area contributed by atoms with E-state index in [1.165, 1.54) is 0 Å². The first kappa shape index (κ1) is 18.9. The molecule has 1 aromatic heterocycles. The van der Waals surface area contributed by atoms with E-state index in [9.17, 15) is 9.59 Å². The maximum Gasteiger partial charge on any atom is 0.251 e. The second-order valence-corrected chi connectivity index (χ2v) is 7.10. The number of fused-ring (bicyclic) bond motifs is 1. The first-order valence-corrected chi connectivity index (χ1v) is 9.97. The van der Waals surface area contributed by atoms with E-state index in [4.69, 9.17) is 0 Å². The van der Waals surface area contributed by atoms with E-state index < -0.39 is 6.04 Å². The number of carbonyl (C=O) groups is 2. The maximum atomic E-state index is 12.7. The minimum absolute atomic E-state index is 0.0376. The Hall–Kier alpha value is -3.41. The summed E-state index contributed by atoms with van der Waals surface area (Å²) in [6, 6.07) is 17.0. The van der Waals surface area contributed by atoms with Gasteiger partial charge in [-0.15, -0.1) is 0 Å². The number of para-hydroxylation sites is 1. The summed E-state index contributed by atoms with van der Waals surface area (Å²) < 4.78 is 1.68. The topological polar surface area (TPSA) is 76.0 Å². The largest absolute Gasteiger partial charge is 0.326 e. The van der Waals surface area contributed by atoms with Crippen molar-refractivity contribution in [2.75, 3.05) is 10.6 Å². The molecule has 4 rings (SSSR count). The van der Waals surface area contributed by atoms with Crippen LogP contribution in [0.15, 0.2) is 54.6 Å². The van der Waals surface area contributed by atoms with Gasteiger partial charge in [0.2, 0.25) is 5.91 Å². The molecule has 1 aliphatic rings. The molecule has 148 valence electrons. The Balaban J connectivity index is 1.61. The van der Waals surface area contributed by atoms with Crippen LogP contribution in [0.5, 0.6) is 0 Å². The van der Waals surface area contributed by atoms with Gasteiger partial charge in [-0.2, -0.15) is 5.10 Å². The van der Waals surface area contributed by atoms with Crippen LogP contribution in [0.2, 0.25) is 0 Å². The molecule has 2 heterocycles. The lowest BCUT2D eigenvalue weighted by Gasteiger charge is -2.12. The Kier molecular flexibility index (Phi) is 5.16. The van der Waals surface area contributed by atoms with Crippen molar-refractivity contribution < 1.29 is 9.59 Å². The number of rotatable bonds is 6. The molecular formula is C23H24N4O2. The van der Waals surface area contributed by atoms with Gasteiger partial charge in [0, 0.05) is 11.3 Å². The summed E-state index contributed by atoms with van der Waals surface area (Å²) in [6.07, 6.45) is 1.60. The summed E-state index contributed by atoms with van der Waals surface area (Å²) >= 11 is 0.